The Balaban J connectivity index is 2.10. The van der Waals surface area contributed by atoms with Gasteiger partial charge in [0.05, 0.1) is 19.8 Å². The van der Waals surface area contributed by atoms with Gasteiger partial charge in [0.25, 0.3) is 0 Å². The molecule has 0 radical (unpaired) electrons. The molecule has 0 saturated carbocycles. The number of rotatable bonds is 5. The number of ether oxygens (including phenoxy) is 3. The molecule has 1 fully saturated rings. The highest BCUT2D eigenvalue weighted by Crippen LogP contribution is 2.09. The summed E-state index contributed by atoms with van der Waals surface area (Å²) in [5.41, 5.74) is 0. The quantitative estimate of drug-likeness (QED) is 0.336. The molecule has 0 aromatic heterocycles. The van der Waals surface area contributed by atoms with Gasteiger partial charge in [0.1, 0.15) is 6.10 Å². The van der Waals surface area contributed by atoms with Crippen LogP contribution in [-0.2, 0) is 19.0 Å². The molecule has 1 rings (SSSR count). The van der Waals surface area contributed by atoms with Crippen molar-refractivity contribution >= 4 is 6.29 Å². The van der Waals surface area contributed by atoms with E-state index in [9.17, 15) is 4.79 Å². The van der Waals surface area contributed by atoms with Gasteiger partial charge in [-0.3, -0.25) is 4.79 Å². The van der Waals surface area contributed by atoms with Crippen molar-refractivity contribution in [3.8, 4) is 0 Å². The van der Waals surface area contributed by atoms with Crippen molar-refractivity contribution in [1.82, 2.24) is 0 Å². The second kappa shape index (κ2) is 5.03. The van der Waals surface area contributed by atoms with Crippen molar-refractivity contribution in [3.63, 3.8) is 0 Å². The fourth-order valence-electron chi connectivity index (χ4n) is 0.912. The zero-order valence-corrected chi connectivity index (χ0v) is 6.77. The molecule has 0 amide bonds. The summed E-state index contributed by atoms with van der Waals surface area (Å²) >= 11 is 0. The SMILES string of the molecule is C=CCOCC1COC(C=O)O1. The molecule has 1 heterocycles. The Morgan fingerprint density at radius 1 is 1.67 bits per heavy atom. The highest BCUT2D eigenvalue weighted by atomic mass is 16.7. The van der Waals surface area contributed by atoms with Crippen LogP contribution in [-0.4, -0.2) is 38.5 Å². The predicted octanol–water partition coefficient (Wildman–Crippen LogP) is 0.129. The van der Waals surface area contributed by atoms with Crippen LogP contribution in [0.25, 0.3) is 0 Å². The molecule has 0 aliphatic carbocycles. The molecule has 1 saturated heterocycles. The first kappa shape index (κ1) is 9.38. The molecule has 0 spiro atoms. The summed E-state index contributed by atoms with van der Waals surface area (Å²) in [6.45, 7) is 4.85. The standard InChI is InChI=1S/C8H12O4/c1-2-3-10-5-7-6-11-8(4-9)12-7/h2,4,7-8H,1,3,5-6H2. The molecule has 2 atom stereocenters. The molecule has 2 unspecified atom stereocenters. The minimum atomic E-state index is -0.706. The molecular formula is C8H12O4. The molecule has 1 aliphatic heterocycles. The van der Waals surface area contributed by atoms with Crippen LogP contribution in [0.3, 0.4) is 0 Å². The lowest BCUT2D eigenvalue weighted by molar-refractivity contribution is -0.134. The van der Waals surface area contributed by atoms with E-state index in [1.165, 1.54) is 0 Å². The third-order valence-electron chi connectivity index (χ3n) is 1.42. The zero-order chi connectivity index (χ0) is 8.81. The van der Waals surface area contributed by atoms with Crippen LogP contribution in [0.15, 0.2) is 12.7 Å². The third-order valence-corrected chi connectivity index (χ3v) is 1.42. The summed E-state index contributed by atoms with van der Waals surface area (Å²) in [5, 5.41) is 0. The van der Waals surface area contributed by atoms with Crippen LogP contribution in [0.4, 0.5) is 0 Å². The minimum absolute atomic E-state index is 0.125. The lowest BCUT2D eigenvalue weighted by atomic mass is 10.4. The first-order valence-electron chi connectivity index (χ1n) is 3.78. The maximum atomic E-state index is 10.2. The largest absolute Gasteiger partial charge is 0.375 e. The molecule has 0 bridgehead atoms. The monoisotopic (exact) mass is 172 g/mol. The second-order valence-electron chi connectivity index (χ2n) is 2.42. The van der Waals surface area contributed by atoms with Crippen molar-refractivity contribution in [1.29, 1.82) is 0 Å². The van der Waals surface area contributed by atoms with E-state index < -0.39 is 6.29 Å². The van der Waals surface area contributed by atoms with Crippen LogP contribution >= 0.6 is 0 Å². The molecular weight excluding hydrogens is 160 g/mol. The number of hydrogen-bond acceptors (Lipinski definition) is 4. The molecule has 1 aliphatic rings. The maximum Gasteiger partial charge on any atom is 0.215 e. The summed E-state index contributed by atoms with van der Waals surface area (Å²) in [7, 11) is 0. The molecule has 68 valence electrons. The predicted molar refractivity (Wildman–Crippen MR) is 41.7 cm³/mol. The smallest absolute Gasteiger partial charge is 0.215 e. The second-order valence-corrected chi connectivity index (χ2v) is 2.42. The zero-order valence-electron chi connectivity index (χ0n) is 6.77. The third kappa shape index (κ3) is 2.73. The Hall–Kier alpha value is -0.710. The van der Waals surface area contributed by atoms with Gasteiger partial charge in [-0.05, 0) is 0 Å². The van der Waals surface area contributed by atoms with Gasteiger partial charge < -0.3 is 14.2 Å². The van der Waals surface area contributed by atoms with Gasteiger partial charge in [0.15, 0.2) is 6.29 Å². The lowest BCUT2D eigenvalue weighted by Gasteiger charge is -2.06. The summed E-state index contributed by atoms with van der Waals surface area (Å²) in [6, 6.07) is 0. The van der Waals surface area contributed by atoms with Gasteiger partial charge in [-0.2, -0.15) is 0 Å². The topological polar surface area (TPSA) is 44.8 Å². The molecule has 0 N–H and O–H groups in total. The van der Waals surface area contributed by atoms with Gasteiger partial charge in [-0.15, -0.1) is 6.58 Å². The Morgan fingerprint density at radius 2 is 2.50 bits per heavy atom. The van der Waals surface area contributed by atoms with E-state index in [0.29, 0.717) is 26.1 Å². The first-order chi connectivity index (χ1) is 5.86. The van der Waals surface area contributed by atoms with Crippen LogP contribution in [0, 0.1) is 0 Å². The Morgan fingerprint density at radius 3 is 3.08 bits per heavy atom. The van der Waals surface area contributed by atoms with E-state index in [1.807, 2.05) is 0 Å². The van der Waals surface area contributed by atoms with Crippen molar-refractivity contribution in [3.05, 3.63) is 12.7 Å². The van der Waals surface area contributed by atoms with Gasteiger partial charge >= 0.3 is 0 Å². The maximum absolute atomic E-state index is 10.2. The van der Waals surface area contributed by atoms with Gasteiger partial charge in [0.2, 0.25) is 6.29 Å². The fraction of sp³-hybridized carbons (Fsp3) is 0.625. The fourth-order valence-corrected chi connectivity index (χ4v) is 0.912. The van der Waals surface area contributed by atoms with E-state index in [0.717, 1.165) is 0 Å². The number of aldehydes is 1. The average molecular weight is 172 g/mol. The number of carbonyl (C=O) groups is 1. The summed E-state index contributed by atoms with van der Waals surface area (Å²) in [6.07, 6.45) is 1.46. The Kier molecular flexibility index (Phi) is 3.93. The highest BCUT2D eigenvalue weighted by Gasteiger charge is 2.25. The Labute approximate surface area is 71.1 Å². The van der Waals surface area contributed by atoms with Crippen LogP contribution in [0.2, 0.25) is 0 Å². The van der Waals surface area contributed by atoms with E-state index in [1.54, 1.807) is 6.08 Å². The molecule has 4 nitrogen and oxygen atoms in total. The summed E-state index contributed by atoms with van der Waals surface area (Å²) in [5.74, 6) is 0. The van der Waals surface area contributed by atoms with E-state index in [2.05, 4.69) is 6.58 Å². The van der Waals surface area contributed by atoms with E-state index in [-0.39, 0.29) is 6.10 Å². The average Bonchev–Trinajstić information content (AvgIpc) is 2.53. The molecule has 4 heteroatoms. The van der Waals surface area contributed by atoms with Crippen LogP contribution in [0.5, 0.6) is 0 Å². The number of hydrogen-bond donors (Lipinski definition) is 0. The molecule has 0 aromatic carbocycles. The highest BCUT2D eigenvalue weighted by molar-refractivity contribution is 5.54. The normalized spacial score (nSPS) is 28.7. The van der Waals surface area contributed by atoms with Crippen LogP contribution in [0.1, 0.15) is 0 Å². The lowest BCUT2D eigenvalue weighted by Crippen LogP contribution is -2.19. The van der Waals surface area contributed by atoms with Crippen LogP contribution < -0.4 is 0 Å². The van der Waals surface area contributed by atoms with Crippen molar-refractivity contribution in [2.75, 3.05) is 19.8 Å². The minimum Gasteiger partial charge on any atom is -0.375 e. The van der Waals surface area contributed by atoms with E-state index in [4.69, 9.17) is 14.2 Å². The Bertz CT molecular complexity index is 157. The summed E-state index contributed by atoms with van der Waals surface area (Å²) < 4.78 is 15.2. The van der Waals surface area contributed by atoms with Gasteiger partial charge in [-0.25, -0.2) is 0 Å². The van der Waals surface area contributed by atoms with Gasteiger partial charge in [0, 0.05) is 0 Å². The van der Waals surface area contributed by atoms with Crippen molar-refractivity contribution in [2.45, 2.75) is 12.4 Å². The number of carbonyl (C=O) groups excluding carboxylic acids is 1. The van der Waals surface area contributed by atoms with Gasteiger partial charge in [-0.1, -0.05) is 6.08 Å². The molecule has 12 heavy (non-hydrogen) atoms. The van der Waals surface area contributed by atoms with Crippen molar-refractivity contribution < 1.29 is 19.0 Å². The molecule has 0 aromatic rings. The van der Waals surface area contributed by atoms with Crippen molar-refractivity contribution in [2.24, 2.45) is 0 Å². The summed E-state index contributed by atoms with van der Waals surface area (Å²) in [4.78, 5) is 10.2. The van der Waals surface area contributed by atoms with E-state index >= 15 is 0 Å². The first-order valence-corrected chi connectivity index (χ1v) is 3.78.